The number of esters is 1. The lowest BCUT2D eigenvalue weighted by atomic mass is 10.2. The third kappa shape index (κ3) is 4.47. The monoisotopic (exact) mass is 337 g/mol. The molecular weight excluding hydrogens is 322 g/mol. The molecule has 0 aliphatic carbocycles. The summed E-state index contributed by atoms with van der Waals surface area (Å²) in [6.07, 6.45) is 1.46. The average molecular weight is 337 g/mol. The van der Waals surface area contributed by atoms with Crippen LogP contribution in [0.25, 0.3) is 5.69 Å². The van der Waals surface area contributed by atoms with Crippen molar-refractivity contribution in [2.45, 2.75) is 6.61 Å². The summed E-state index contributed by atoms with van der Waals surface area (Å²) < 4.78 is 6.58. The Labute approximate surface area is 143 Å². The van der Waals surface area contributed by atoms with E-state index in [4.69, 9.17) is 4.74 Å². The molecule has 0 spiro atoms. The second-order valence-electron chi connectivity index (χ2n) is 5.13. The molecule has 8 heteroatoms. The SMILES string of the molecule is O=C(CNC(=O)c1ccc(-n2cnnn2)cc1)OCc1ccccc1. The lowest BCUT2D eigenvalue weighted by Crippen LogP contribution is -2.30. The maximum Gasteiger partial charge on any atom is 0.325 e. The van der Waals surface area contributed by atoms with Gasteiger partial charge in [0.15, 0.2) is 0 Å². The van der Waals surface area contributed by atoms with E-state index in [0.29, 0.717) is 5.56 Å². The van der Waals surface area contributed by atoms with Crippen LogP contribution in [0.5, 0.6) is 0 Å². The number of nitrogens with zero attached hydrogens (tertiary/aromatic N) is 4. The van der Waals surface area contributed by atoms with Gasteiger partial charge in [-0.05, 0) is 40.3 Å². The molecular formula is C17H15N5O3. The Bertz CT molecular complexity index is 832. The highest BCUT2D eigenvalue weighted by Gasteiger charge is 2.09. The summed E-state index contributed by atoms with van der Waals surface area (Å²) in [7, 11) is 0. The minimum atomic E-state index is -0.498. The fourth-order valence-electron chi connectivity index (χ4n) is 2.09. The first-order valence-electron chi connectivity index (χ1n) is 7.53. The number of carbonyl (C=O) groups is 2. The third-order valence-corrected chi connectivity index (χ3v) is 3.38. The van der Waals surface area contributed by atoms with Crippen LogP contribution in [0.4, 0.5) is 0 Å². The third-order valence-electron chi connectivity index (χ3n) is 3.38. The van der Waals surface area contributed by atoms with E-state index in [1.54, 1.807) is 24.3 Å². The van der Waals surface area contributed by atoms with Gasteiger partial charge < -0.3 is 10.1 Å². The first kappa shape index (κ1) is 16.3. The maximum absolute atomic E-state index is 12.1. The van der Waals surface area contributed by atoms with E-state index in [2.05, 4.69) is 20.8 Å². The molecule has 0 atom stereocenters. The minimum Gasteiger partial charge on any atom is -0.460 e. The van der Waals surface area contributed by atoms with Crippen molar-refractivity contribution in [2.75, 3.05) is 6.54 Å². The van der Waals surface area contributed by atoms with Crippen molar-refractivity contribution in [3.8, 4) is 5.69 Å². The fraction of sp³-hybridized carbons (Fsp3) is 0.118. The van der Waals surface area contributed by atoms with Crippen molar-refractivity contribution >= 4 is 11.9 Å². The normalized spacial score (nSPS) is 10.2. The van der Waals surface area contributed by atoms with Gasteiger partial charge >= 0.3 is 5.97 Å². The van der Waals surface area contributed by atoms with Crippen molar-refractivity contribution in [3.05, 3.63) is 72.1 Å². The van der Waals surface area contributed by atoms with Gasteiger partial charge in [0, 0.05) is 5.56 Å². The van der Waals surface area contributed by atoms with Gasteiger partial charge in [-0.25, -0.2) is 4.68 Å². The summed E-state index contributed by atoms with van der Waals surface area (Å²) in [4.78, 5) is 23.8. The van der Waals surface area contributed by atoms with Crippen LogP contribution in [0.2, 0.25) is 0 Å². The minimum absolute atomic E-state index is 0.177. The molecule has 1 N–H and O–H groups in total. The van der Waals surface area contributed by atoms with Crippen LogP contribution >= 0.6 is 0 Å². The van der Waals surface area contributed by atoms with Crippen LogP contribution in [0.1, 0.15) is 15.9 Å². The number of ether oxygens (including phenoxy) is 1. The highest BCUT2D eigenvalue weighted by atomic mass is 16.5. The summed E-state index contributed by atoms with van der Waals surface area (Å²) in [6, 6.07) is 16.0. The Morgan fingerprint density at radius 1 is 1.04 bits per heavy atom. The van der Waals surface area contributed by atoms with Crippen molar-refractivity contribution in [1.82, 2.24) is 25.5 Å². The molecule has 0 aliphatic rings. The zero-order valence-corrected chi connectivity index (χ0v) is 13.2. The van der Waals surface area contributed by atoms with Gasteiger partial charge in [0.05, 0.1) is 5.69 Å². The topological polar surface area (TPSA) is 99.0 Å². The van der Waals surface area contributed by atoms with Crippen LogP contribution in [0, 0.1) is 0 Å². The van der Waals surface area contributed by atoms with Crippen LogP contribution in [-0.4, -0.2) is 38.6 Å². The molecule has 0 radical (unpaired) electrons. The molecule has 8 nitrogen and oxygen atoms in total. The number of tetrazole rings is 1. The van der Waals surface area contributed by atoms with Crippen LogP contribution < -0.4 is 5.32 Å². The number of benzene rings is 2. The summed E-state index contributed by atoms with van der Waals surface area (Å²) in [6.45, 7) is -0.0173. The van der Waals surface area contributed by atoms with E-state index >= 15 is 0 Å². The number of nitrogens with one attached hydrogen (secondary N) is 1. The molecule has 25 heavy (non-hydrogen) atoms. The molecule has 1 heterocycles. The number of carbonyl (C=O) groups excluding carboxylic acids is 2. The molecule has 3 rings (SSSR count). The molecule has 1 amide bonds. The van der Waals surface area contributed by atoms with E-state index in [-0.39, 0.29) is 19.1 Å². The van der Waals surface area contributed by atoms with Gasteiger partial charge in [0.25, 0.3) is 5.91 Å². The van der Waals surface area contributed by atoms with Gasteiger partial charge in [-0.3, -0.25) is 9.59 Å². The molecule has 1 aromatic heterocycles. The molecule has 0 unspecified atom stereocenters. The summed E-state index contributed by atoms with van der Waals surface area (Å²) in [5.41, 5.74) is 2.04. The Morgan fingerprint density at radius 3 is 2.48 bits per heavy atom. The van der Waals surface area contributed by atoms with E-state index in [1.165, 1.54) is 11.0 Å². The highest BCUT2D eigenvalue weighted by Crippen LogP contribution is 2.07. The Hall–Kier alpha value is -3.55. The number of hydrogen-bond acceptors (Lipinski definition) is 6. The van der Waals surface area contributed by atoms with E-state index in [1.807, 2.05) is 30.3 Å². The molecule has 0 fully saturated rings. The van der Waals surface area contributed by atoms with Crippen molar-refractivity contribution in [1.29, 1.82) is 0 Å². The zero-order valence-electron chi connectivity index (χ0n) is 13.2. The molecule has 0 bridgehead atoms. The number of amides is 1. The number of hydrogen-bond donors (Lipinski definition) is 1. The van der Waals surface area contributed by atoms with E-state index in [9.17, 15) is 9.59 Å². The summed E-state index contributed by atoms with van der Waals surface area (Å²) in [5.74, 6) is -0.859. The zero-order chi connectivity index (χ0) is 17.5. The first-order chi connectivity index (χ1) is 12.2. The molecule has 0 aliphatic heterocycles. The summed E-state index contributed by atoms with van der Waals surface area (Å²) in [5, 5.41) is 13.4. The molecule has 126 valence electrons. The Morgan fingerprint density at radius 2 is 1.80 bits per heavy atom. The van der Waals surface area contributed by atoms with Gasteiger partial charge in [-0.1, -0.05) is 30.3 Å². The van der Waals surface area contributed by atoms with E-state index < -0.39 is 5.97 Å². The fourth-order valence-corrected chi connectivity index (χ4v) is 2.09. The molecule has 0 saturated carbocycles. The molecule has 2 aromatic carbocycles. The first-order valence-corrected chi connectivity index (χ1v) is 7.53. The molecule has 0 saturated heterocycles. The van der Waals surface area contributed by atoms with Gasteiger partial charge in [-0.2, -0.15) is 0 Å². The standard InChI is InChI=1S/C17H15N5O3/c23-16(25-11-13-4-2-1-3-5-13)10-18-17(24)14-6-8-15(9-7-14)22-12-19-20-21-22/h1-9,12H,10-11H2,(H,18,24). The van der Waals surface area contributed by atoms with Crippen LogP contribution in [-0.2, 0) is 16.1 Å². The second-order valence-corrected chi connectivity index (χ2v) is 5.13. The predicted molar refractivity (Wildman–Crippen MR) is 87.7 cm³/mol. The highest BCUT2D eigenvalue weighted by molar-refractivity contribution is 5.96. The quantitative estimate of drug-likeness (QED) is 0.677. The van der Waals surface area contributed by atoms with Crippen molar-refractivity contribution < 1.29 is 14.3 Å². The van der Waals surface area contributed by atoms with Gasteiger partial charge in [0.2, 0.25) is 0 Å². The lowest BCUT2D eigenvalue weighted by Gasteiger charge is -2.07. The smallest absolute Gasteiger partial charge is 0.325 e. The van der Waals surface area contributed by atoms with E-state index in [0.717, 1.165) is 11.3 Å². The van der Waals surface area contributed by atoms with Crippen molar-refractivity contribution in [3.63, 3.8) is 0 Å². The Balaban J connectivity index is 1.48. The number of aromatic nitrogens is 4. The predicted octanol–water partition coefficient (Wildman–Crippen LogP) is 1.14. The number of rotatable bonds is 6. The Kier molecular flexibility index (Phi) is 5.10. The largest absolute Gasteiger partial charge is 0.460 e. The second kappa shape index (κ2) is 7.82. The van der Waals surface area contributed by atoms with Crippen molar-refractivity contribution in [2.24, 2.45) is 0 Å². The molecule has 3 aromatic rings. The average Bonchev–Trinajstić information content (AvgIpc) is 3.20. The lowest BCUT2D eigenvalue weighted by molar-refractivity contribution is -0.143. The van der Waals surface area contributed by atoms with Crippen LogP contribution in [0.15, 0.2) is 60.9 Å². The maximum atomic E-state index is 12.1. The van der Waals surface area contributed by atoms with Gasteiger partial charge in [0.1, 0.15) is 19.5 Å². The van der Waals surface area contributed by atoms with Gasteiger partial charge in [-0.15, -0.1) is 5.10 Å². The van der Waals surface area contributed by atoms with Crippen LogP contribution in [0.3, 0.4) is 0 Å². The summed E-state index contributed by atoms with van der Waals surface area (Å²) >= 11 is 0.